The Morgan fingerprint density at radius 2 is 1.62 bits per heavy atom. The van der Waals surface area contributed by atoms with E-state index < -0.39 is 10.1 Å². The molecular formula is C18H21KO4S. The number of para-hydroxylation sites is 1. The molecule has 4 nitrogen and oxygen atoms in total. The van der Waals surface area contributed by atoms with Crippen molar-refractivity contribution < 1.29 is 69.1 Å². The molecule has 0 bridgehead atoms. The number of benzene rings is 2. The Labute approximate surface area is 186 Å². The van der Waals surface area contributed by atoms with Gasteiger partial charge in [-0.3, -0.25) is 0 Å². The maximum atomic E-state index is 11.2. The normalized spacial score (nSPS) is 10.9. The molecule has 0 radical (unpaired) electrons. The second kappa shape index (κ2) is 10.7. The van der Waals surface area contributed by atoms with Gasteiger partial charge in [-0.1, -0.05) is 50.5 Å². The molecule has 2 aromatic rings. The zero-order valence-corrected chi connectivity index (χ0v) is 18.1. The van der Waals surface area contributed by atoms with Crippen molar-refractivity contribution in [1.29, 1.82) is 0 Å². The van der Waals surface area contributed by atoms with E-state index in [1.165, 1.54) is 43.0 Å². The zero-order chi connectivity index (χ0) is 16.7. The van der Waals surface area contributed by atoms with Gasteiger partial charge in [0.05, 0.1) is 4.90 Å². The van der Waals surface area contributed by atoms with Crippen molar-refractivity contribution in [3.05, 3.63) is 54.1 Å². The van der Waals surface area contributed by atoms with Gasteiger partial charge in [-0.25, -0.2) is 8.42 Å². The third kappa shape index (κ3) is 6.96. The van der Waals surface area contributed by atoms with Crippen LogP contribution in [0.1, 0.15) is 38.2 Å². The van der Waals surface area contributed by atoms with Crippen LogP contribution in [0.3, 0.4) is 0 Å². The molecule has 0 saturated heterocycles. The summed E-state index contributed by atoms with van der Waals surface area (Å²) < 4.78 is 39.3. The summed E-state index contributed by atoms with van der Waals surface area (Å²) in [6, 6.07) is 13.4. The number of ether oxygens (including phenoxy) is 1. The van der Waals surface area contributed by atoms with Gasteiger partial charge in [0, 0.05) is 0 Å². The fourth-order valence-electron chi connectivity index (χ4n) is 2.35. The molecule has 0 aliphatic heterocycles. The summed E-state index contributed by atoms with van der Waals surface area (Å²) in [5.74, 6) is 0.566. The Bertz CT molecular complexity index is 727. The molecule has 0 aromatic heterocycles. The van der Waals surface area contributed by atoms with Crippen LogP contribution in [0, 0.1) is 0 Å². The largest absolute Gasteiger partial charge is 1.00 e. The van der Waals surface area contributed by atoms with Gasteiger partial charge in [-0.15, -0.1) is 0 Å². The molecule has 0 heterocycles. The van der Waals surface area contributed by atoms with E-state index in [4.69, 9.17) is 4.74 Å². The molecule has 0 amide bonds. The summed E-state index contributed by atoms with van der Waals surface area (Å²) in [4.78, 5) is -0.344. The Morgan fingerprint density at radius 3 is 2.25 bits per heavy atom. The minimum absolute atomic E-state index is 0. The van der Waals surface area contributed by atoms with Crippen molar-refractivity contribution in [1.82, 2.24) is 0 Å². The first-order valence-corrected chi connectivity index (χ1v) is 9.23. The summed E-state index contributed by atoms with van der Waals surface area (Å²) in [5.41, 5.74) is 1.22. The fourth-order valence-corrected chi connectivity index (χ4v) is 2.95. The van der Waals surface area contributed by atoms with E-state index in [0.29, 0.717) is 5.75 Å². The van der Waals surface area contributed by atoms with Gasteiger partial charge in [0.1, 0.15) is 21.6 Å². The van der Waals surface area contributed by atoms with E-state index in [2.05, 4.69) is 6.92 Å². The van der Waals surface area contributed by atoms with Gasteiger partial charge in [-0.2, -0.15) is 0 Å². The molecule has 124 valence electrons. The van der Waals surface area contributed by atoms with Crippen LogP contribution in [0.15, 0.2) is 53.4 Å². The van der Waals surface area contributed by atoms with Gasteiger partial charge < -0.3 is 9.29 Å². The SMILES string of the molecule is CCCCCCc1ccc(Oc2ccccc2S(=O)(=O)[O-])cc1.[K+]. The molecule has 2 aromatic carbocycles. The summed E-state index contributed by atoms with van der Waals surface area (Å²) in [6.45, 7) is 2.19. The zero-order valence-electron chi connectivity index (χ0n) is 14.2. The van der Waals surface area contributed by atoms with E-state index in [0.717, 1.165) is 12.8 Å². The smallest absolute Gasteiger partial charge is 0.744 e. The first kappa shape index (κ1) is 21.8. The molecule has 0 fully saturated rings. The molecule has 2 rings (SSSR count). The van der Waals surface area contributed by atoms with Crippen molar-refractivity contribution in [2.45, 2.75) is 43.9 Å². The van der Waals surface area contributed by atoms with Crippen LogP contribution in [-0.4, -0.2) is 13.0 Å². The van der Waals surface area contributed by atoms with Crippen LogP contribution in [0.2, 0.25) is 0 Å². The second-order valence-electron chi connectivity index (χ2n) is 5.46. The molecule has 0 aliphatic rings. The molecule has 0 aliphatic carbocycles. The first-order valence-electron chi connectivity index (χ1n) is 7.82. The minimum Gasteiger partial charge on any atom is -0.744 e. The summed E-state index contributed by atoms with van der Waals surface area (Å²) >= 11 is 0. The van der Waals surface area contributed by atoms with E-state index in [-0.39, 0.29) is 62.0 Å². The quantitative estimate of drug-likeness (QED) is 0.400. The van der Waals surface area contributed by atoms with Gasteiger partial charge >= 0.3 is 51.4 Å². The van der Waals surface area contributed by atoms with Gasteiger partial charge in [0.2, 0.25) is 0 Å². The third-order valence-electron chi connectivity index (χ3n) is 3.59. The maximum absolute atomic E-state index is 11.2. The molecule has 0 atom stereocenters. The molecule has 0 N–H and O–H groups in total. The molecule has 0 unspecified atom stereocenters. The molecule has 6 heteroatoms. The average Bonchev–Trinajstić information content (AvgIpc) is 2.53. The first-order chi connectivity index (χ1) is 11.0. The summed E-state index contributed by atoms with van der Waals surface area (Å²) in [6.07, 6.45) is 5.87. The van der Waals surface area contributed by atoms with Crippen LogP contribution in [0.4, 0.5) is 0 Å². The topological polar surface area (TPSA) is 66.4 Å². The molecule has 0 spiro atoms. The van der Waals surface area contributed by atoms with Crippen molar-refractivity contribution in [2.24, 2.45) is 0 Å². The number of aryl methyl sites for hydroxylation is 1. The fraction of sp³-hybridized carbons (Fsp3) is 0.333. The predicted molar refractivity (Wildman–Crippen MR) is 88.8 cm³/mol. The van der Waals surface area contributed by atoms with Crippen molar-refractivity contribution >= 4 is 10.1 Å². The van der Waals surface area contributed by atoms with Crippen LogP contribution in [-0.2, 0) is 16.5 Å². The minimum atomic E-state index is -4.55. The van der Waals surface area contributed by atoms with Crippen LogP contribution in [0.25, 0.3) is 0 Å². The number of rotatable bonds is 8. The van der Waals surface area contributed by atoms with Crippen molar-refractivity contribution in [3.63, 3.8) is 0 Å². The third-order valence-corrected chi connectivity index (χ3v) is 4.46. The average molecular weight is 373 g/mol. The number of hydrogen-bond acceptors (Lipinski definition) is 4. The Hall–Kier alpha value is -0.214. The van der Waals surface area contributed by atoms with Crippen LogP contribution >= 0.6 is 0 Å². The Morgan fingerprint density at radius 1 is 0.958 bits per heavy atom. The molecular weight excluding hydrogens is 351 g/mol. The number of unbranched alkanes of at least 4 members (excludes halogenated alkanes) is 3. The van der Waals surface area contributed by atoms with Crippen LogP contribution < -0.4 is 56.1 Å². The van der Waals surface area contributed by atoms with Gasteiger partial charge in [0.15, 0.2) is 0 Å². The van der Waals surface area contributed by atoms with E-state index in [1.54, 1.807) is 18.2 Å². The van der Waals surface area contributed by atoms with E-state index in [1.807, 2.05) is 12.1 Å². The number of hydrogen-bond donors (Lipinski definition) is 0. The van der Waals surface area contributed by atoms with Crippen molar-refractivity contribution in [3.8, 4) is 11.5 Å². The predicted octanol–water partition coefficient (Wildman–Crippen LogP) is 1.51. The molecule has 0 saturated carbocycles. The Kier molecular flexibility index (Phi) is 9.74. The van der Waals surface area contributed by atoms with Crippen molar-refractivity contribution in [2.75, 3.05) is 0 Å². The Balaban J connectivity index is 0.00000288. The summed E-state index contributed by atoms with van der Waals surface area (Å²) in [7, 11) is -4.55. The van der Waals surface area contributed by atoms with E-state index >= 15 is 0 Å². The van der Waals surface area contributed by atoms with Gasteiger partial charge in [-0.05, 0) is 42.7 Å². The van der Waals surface area contributed by atoms with Gasteiger partial charge in [0.25, 0.3) is 0 Å². The van der Waals surface area contributed by atoms with E-state index in [9.17, 15) is 13.0 Å². The molecule has 24 heavy (non-hydrogen) atoms. The standard InChI is InChI=1S/C18H22O4S.K/c1-2-3-4-5-8-15-11-13-16(14-12-15)22-17-9-6-7-10-18(17)23(19,20)21;/h6-7,9-14H,2-5,8H2,1H3,(H,19,20,21);/q;+1/p-1. The monoisotopic (exact) mass is 372 g/mol. The summed E-state index contributed by atoms with van der Waals surface area (Å²) in [5, 5.41) is 0. The maximum Gasteiger partial charge on any atom is 1.00 e. The second-order valence-corrected chi connectivity index (χ2v) is 6.81. The van der Waals surface area contributed by atoms with Crippen LogP contribution in [0.5, 0.6) is 11.5 Å².